The lowest BCUT2D eigenvalue weighted by Gasteiger charge is -2.21. The van der Waals surface area contributed by atoms with Gasteiger partial charge in [-0.1, -0.05) is 12.8 Å². The van der Waals surface area contributed by atoms with E-state index in [1.807, 2.05) is 19.2 Å². The van der Waals surface area contributed by atoms with Crippen LogP contribution in [0.5, 0.6) is 0 Å². The van der Waals surface area contributed by atoms with E-state index in [-0.39, 0.29) is 35.8 Å². The van der Waals surface area contributed by atoms with Crippen LogP contribution in [0.25, 0.3) is 21.8 Å². The Hall–Kier alpha value is -3.04. The molecule has 1 saturated heterocycles. The maximum atomic E-state index is 13.4. The van der Waals surface area contributed by atoms with Crippen LogP contribution in [0.2, 0.25) is 0 Å². The maximum Gasteiger partial charge on any atom is 0.314 e. The van der Waals surface area contributed by atoms with E-state index >= 15 is 0 Å². The summed E-state index contributed by atoms with van der Waals surface area (Å²) in [5.74, 6) is -0.941. The van der Waals surface area contributed by atoms with Gasteiger partial charge in [-0.3, -0.25) is 24.4 Å². The van der Waals surface area contributed by atoms with Crippen molar-refractivity contribution in [3.63, 3.8) is 0 Å². The quantitative estimate of drug-likeness (QED) is 0.475. The number of aromatic nitrogens is 3. The maximum absolute atomic E-state index is 13.4. The second kappa shape index (κ2) is 8.14. The van der Waals surface area contributed by atoms with Gasteiger partial charge in [-0.05, 0) is 44.9 Å². The highest BCUT2D eigenvalue weighted by Crippen LogP contribution is 2.29. The first-order valence-corrected chi connectivity index (χ1v) is 11.2. The van der Waals surface area contributed by atoms with Crippen molar-refractivity contribution in [2.24, 2.45) is 5.92 Å². The van der Waals surface area contributed by atoms with E-state index in [0.717, 1.165) is 25.7 Å². The number of fused-ring (bicyclic) bond motifs is 2. The molecular formula is C23H27N5O4. The molecule has 1 saturated carbocycles. The van der Waals surface area contributed by atoms with E-state index in [0.29, 0.717) is 21.8 Å². The van der Waals surface area contributed by atoms with Crippen LogP contribution in [0, 0.1) is 5.92 Å². The SMILES string of the molecule is CCOC(=O)C1C(C)NNC1n1ccc2nc3ccn(C4CCCC4)c(=O)c3cc2c1=O. The summed E-state index contributed by atoms with van der Waals surface area (Å²) in [4.78, 5) is 43.7. The lowest BCUT2D eigenvalue weighted by Crippen LogP contribution is -2.38. The van der Waals surface area contributed by atoms with Crippen LogP contribution >= 0.6 is 0 Å². The Morgan fingerprint density at radius 3 is 2.34 bits per heavy atom. The molecule has 3 aromatic heterocycles. The largest absolute Gasteiger partial charge is 0.466 e. The monoisotopic (exact) mass is 437 g/mol. The first-order chi connectivity index (χ1) is 15.5. The fourth-order valence-electron chi connectivity index (χ4n) is 5.03. The van der Waals surface area contributed by atoms with Crippen molar-refractivity contribution in [1.82, 2.24) is 25.0 Å². The molecule has 32 heavy (non-hydrogen) atoms. The van der Waals surface area contributed by atoms with Crippen molar-refractivity contribution in [3.8, 4) is 0 Å². The van der Waals surface area contributed by atoms with Crippen LogP contribution < -0.4 is 22.0 Å². The molecule has 2 fully saturated rings. The predicted octanol–water partition coefficient (Wildman–Crippen LogP) is 2.00. The number of hydrogen-bond donors (Lipinski definition) is 2. The number of nitrogens with zero attached hydrogens (tertiary/aromatic N) is 3. The van der Waals surface area contributed by atoms with E-state index < -0.39 is 12.1 Å². The van der Waals surface area contributed by atoms with Crippen molar-refractivity contribution in [1.29, 1.82) is 0 Å². The first kappa shape index (κ1) is 20.8. The Morgan fingerprint density at radius 2 is 1.69 bits per heavy atom. The van der Waals surface area contributed by atoms with Crippen LogP contribution in [-0.2, 0) is 9.53 Å². The molecule has 0 amide bonds. The van der Waals surface area contributed by atoms with Gasteiger partial charge >= 0.3 is 5.97 Å². The zero-order chi connectivity index (χ0) is 22.4. The second-order valence-corrected chi connectivity index (χ2v) is 8.65. The number of ether oxygens (including phenoxy) is 1. The molecular weight excluding hydrogens is 410 g/mol. The summed E-state index contributed by atoms with van der Waals surface area (Å²) in [5.41, 5.74) is 6.74. The molecule has 0 bridgehead atoms. The highest BCUT2D eigenvalue weighted by Gasteiger charge is 2.41. The lowest BCUT2D eigenvalue weighted by atomic mass is 10.00. The average molecular weight is 438 g/mol. The van der Waals surface area contributed by atoms with Gasteiger partial charge in [-0.15, -0.1) is 0 Å². The van der Waals surface area contributed by atoms with Crippen LogP contribution in [0.1, 0.15) is 51.7 Å². The normalized spacial score (nSPS) is 23.9. The summed E-state index contributed by atoms with van der Waals surface area (Å²) >= 11 is 0. The number of nitrogens with one attached hydrogen (secondary N) is 2. The van der Waals surface area contributed by atoms with Gasteiger partial charge in [0, 0.05) is 24.5 Å². The Labute approximate surface area is 184 Å². The van der Waals surface area contributed by atoms with E-state index in [9.17, 15) is 14.4 Å². The second-order valence-electron chi connectivity index (χ2n) is 8.65. The molecule has 9 nitrogen and oxygen atoms in total. The standard InChI is InChI=1S/C23H27N5O4/c1-3-32-23(31)19-13(2)25-26-20(19)28-11-9-18-16(22(28)30)12-15-17(24-18)8-10-27(21(15)29)14-6-4-5-7-14/h8-14,19-20,25-26H,3-7H2,1-2H3. The molecule has 3 unspecified atom stereocenters. The topological polar surface area (TPSA) is 107 Å². The zero-order valence-electron chi connectivity index (χ0n) is 18.2. The summed E-state index contributed by atoms with van der Waals surface area (Å²) < 4.78 is 8.48. The van der Waals surface area contributed by atoms with Crippen LogP contribution in [0.15, 0.2) is 40.2 Å². The number of rotatable bonds is 4. The highest BCUT2D eigenvalue weighted by atomic mass is 16.5. The summed E-state index contributed by atoms with van der Waals surface area (Å²) in [6, 6.07) is 5.23. The highest BCUT2D eigenvalue weighted by molar-refractivity contribution is 5.91. The van der Waals surface area contributed by atoms with Crippen LogP contribution in [0.3, 0.4) is 0 Å². The van der Waals surface area contributed by atoms with Gasteiger partial charge in [0.2, 0.25) is 0 Å². The van der Waals surface area contributed by atoms with Gasteiger partial charge in [0.05, 0.1) is 28.4 Å². The Morgan fingerprint density at radius 1 is 1.06 bits per heavy atom. The van der Waals surface area contributed by atoms with Gasteiger partial charge in [-0.25, -0.2) is 10.4 Å². The Bertz CT molecular complexity index is 1310. The fourth-order valence-corrected chi connectivity index (χ4v) is 5.03. The molecule has 9 heteroatoms. The third-order valence-electron chi connectivity index (χ3n) is 6.71. The molecule has 5 rings (SSSR count). The fraction of sp³-hybridized carbons (Fsp3) is 0.478. The van der Waals surface area contributed by atoms with Crippen molar-refractivity contribution in [2.75, 3.05) is 6.61 Å². The Balaban J connectivity index is 1.63. The lowest BCUT2D eigenvalue weighted by molar-refractivity contribution is -0.149. The van der Waals surface area contributed by atoms with Crippen molar-refractivity contribution >= 4 is 27.8 Å². The Kier molecular flexibility index (Phi) is 5.30. The van der Waals surface area contributed by atoms with E-state index in [1.165, 1.54) is 4.57 Å². The number of carbonyl (C=O) groups excluding carboxylic acids is 1. The number of esters is 1. The summed E-state index contributed by atoms with van der Waals surface area (Å²) in [6.07, 6.45) is 7.08. The molecule has 0 radical (unpaired) electrons. The third-order valence-corrected chi connectivity index (χ3v) is 6.71. The van der Waals surface area contributed by atoms with E-state index in [2.05, 4.69) is 15.8 Å². The number of pyridine rings is 3. The minimum absolute atomic E-state index is 0.114. The molecule has 3 aromatic rings. The van der Waals surface area contributed by atoms with Gasteiger partial charge in [0.1, 0.15) is 12.1 Å². The van der Waals surface area contributed by atoms with E-state index in [1.54, 1.807) is 29.8 Å². The summed E-state index contributed by atoms with van der Waals surface area (Å²) in [7, 11) is 0. The zero-order valence-corrected chi connectivity index (χ0v) is 18.2. The summed E-state index contributed by atoms with van der Waals surface area (Å²) in [6.45, 7) is 3.89. The van der Waals surface area contributed by atoms with Crippen molar-refractivity contribution in [2.45, 2.75) is 57.8 Å². The number of hydrogen-bond acceptors (Lipinski definition) is 7. The molecule has 3 atom stereocenters. The van der Waals surface area contributed by atoms with Crippen LogP contribution in [-0.4, -0.2) is 32.7 Å². The minimum Gasteiger partial charge on any atom is -0.466 e. The van der Waals surface area contributed by atoms with Gasteiger partial charge < -0.3 is 9.30 Å². The van der Waals surface area contributed by atoms with Crippen LogP contribution in [0.4, 0.5) is 0 Å². The average Bonchev–Trinajstić information content (AvgIpc) is 3.44. The molecule has 0 aromatic carbocycles. The van der Waals surface area contributed by atoms with Crippen molar-refractivity contribution < 1.29 is 9.53 Å². The molecule has 1 aliphatic carbocycles. The first-order valence-electron chi connectivity index (χ1n) is 11.2. The number of hydrazine groups is 1. The molecule has 2 N–H and O–H groups in total. The molecule has 4 heterocycles. The van der Waals surface area contributed by atoms with Crippen molar-refractivity contribution in [3.05, 3.63) is 51.3 Å². The smallest absolute Gasteiger partial charge is 0.314 e. The molecule has 168 valence electrons. The molecule has 1 aliphatic heterocycles. The molecule has 2 aliphatic rings. The third kappa shape index (κ3) is 3.32. The van der Waals surface area contributed by atoms with Gasteiger partial charge in [-0.2, -0.15) is 0 Å². The molecule has 0 spiro atoms. The number of carbonyl (C=O) groups is 1. The van der Waals surface area contributed by atoms with Gasteiger partial charge in [0.15, 0.2) is 0 Å². The summed E-state index contributed by atoms with van der Waals surface area (Å²) in [5, 5.41) is 0.791. The van der Waals surface area contributed by atoms with Gasteiger partial charge in [0.25, 0.3) is 11.1 Å². The van der Waals surface area contributed by atoms with E-state index in [4.69, 9.17) is 4.74 Å². The predicted molar refractivity (Wildman–Crippen MR) is 120 cm³/mol. The minimum atomic E-state index is -0.609.